The van der Waals surface area contributed by atoms with Gasteiger partial charge in [0.25, 0.3) is 0 Å². The van der Waals surface area contributed by atoms with Gasteiger partial charge < -0.3 is 20.5 Å². The van der Waals surface area contributed by atoms with E-state index >= 15 is 0 Å². The molecule has 0 aromatic rings. The number of urea groups is 1. The normalized spacial score (nSPS) is 21.1. The first-order chi connectivity index (χ1) is 8.63. The molecule has 0 spiro atoms. The van der Waals surface area contributed by atoms with Crippen LogP contribution in [0.5, 0.6) is 0 Å². The van der Waals surface area contributed by atoms with Gasteiger partial charge in [0.2, 0.25) is 0 Å². The minimum atomic E-state index is -1.00. The molecule has 1 aliphatic rings. The highest BCUT2D eigenvalue weighted by Gasteiger charge is 2.21. The van der Waals surface area contributed by atoms with Gasteiger partial charge in [-0.3, -0.25) is 0 Å². The summed E-state index contributed by atoms with van der Waals surface area (Å²) in [6, 6.07) is -1.28. The molecular weight excluding hydrogens is 256 g/mol. The van der Waals surface area contributed by atoms with Crippen LogP contribution in [-0.4, -0.2) is 54.4 Å². The second kappa shape index (κ2) is 8.20. The third-order valence-corrected chi connectivity index (χ3v) is 3.35. The summed E-state index contributed by atoms with van der Waals surface area (Å²) >= 11 is 1.56. The Balaban J connectivity index is 2.32. The average Bonchev–Trinajstić information content (AvgIpc) is 2.35. The zero-order valence-corrected chi connectivity index (χ0v) is 11.3. The molecule has 1 fully saturated rings. The maximum absolute atomic E-state index is 11.6. The van der Waals surface area contributed by atoms with Crippen LogP contribution in [0.4, 0.5) is 4.79 Å². The van der Waals surface area contributed by atoms with Crippen LogP contribution in [0, 0.1) is 0 Å². The summed E-state index contributed by atoms with van der Waals surface area (Å²) in [5, 5.41) is 14.2. The highest BCUT2D eigenvalue weighted by Crippen LogP contribution is 2.06. The molecule has 1 aliphatic heterocycles. The van der Waals surface area contributed by atoms with E-state index in [1.807, 2.05) is 6.26 Å². The van der Waals surface area contributed by atoms with Crippen molar-refractivity contribution in [2.45, 2.75) is 31.3 Å². The second-order valence-corrected chi connectivity index (χ2v) is 5.19. The first-order valence-electron chi connectivity index (χ1n) is 6.00. The van der Waals surface area contributed by atoms with E-state index in [1.165, 1.54) is 0 Å². The van der Waals surface area contributed by atoms with Gasteiger partial charge in [0.05, 0.1) is 12.6 Å². The number of rotatable bonds is 6. The Labute approximate surface area is 111 Å². The van der Waals surface area contributed by atoms with Crippen molar-refractivity contribution in [2.24, 2.45) is 0 Å². The number of amides is 2. The number of carbonyl (C=O) groups excluding carboxylic acids is 1. The molecule has 2 amide bonds. The SMILES string of the molecule is CSCC[C@H](NC(=O)NC1CCCOC1)C(=O)O. The zero-order chi connectivity index (χ0) is 13.4. The quantitative estimate of drug-likeness (QED) is 0.663. The molecule has 2 atom stereocenters. The van der Waals surface area contributed by atoms with E-state index in [0.29, 0.717) is 18.8 Å². The molecule has 18 heavy (non-hydrogen) atoms. The van der Waals surface area contributed by atoms with Crippen molar-refractivity contribution >= 4 is 23.8 Å². The topological polar surface area (TPSA) is 87.7 Å². The van der Waals surface area contributed by atoms with E-state index in [2.05, 4.69) is 10.6 Å². The van der Waals surface area contributed by atoms with Crippen molar-refractivity contribution in [3.63, 3.8) is 0 Å². The van der Waals surface area contributed by atoms with E-state index in [0.717, 1.165) is 19.4 Å². The summed E-state index contributed by atoms with van der Waals surface area (Å²) in [7, 11) is 0. The number of carbonyl (C=O) groups is 2. The average molecular weight is 276 g/mol. The van der Waals surface area contributed by atoms with Crippen molar-refractivity contribution in [3.8, 4) is 0 Å². The monoisotopic (exact) mass is 276 g/mol. The minimum absolute atomic E-state index is 0.0197. The van der Waals surface area contributed by atoms with Gasteiger partial charge in [-0.05, 0) is 31.3 Å². The van der Waals surface area contributed by atoms with Crippen molar-refractivity contribution in [1.29, 1.82) is 0 Å². The van der Waals surface area contributed by atoms with E-state index < -0.39 is 18.0 Å². The van der Waals surface area contributed by atoms with Crippen molar-refractivity contribution in [3.05, 3.63) is 0 Å². The van der Waals surface area contributed by atoms with Crippen LogP contribution in [0.25, 0.3) is 0 Å². The van der Waals surface area contributed by atoms with Gasteiger partial charge in [0.1, 0.15) is 6.04 Å². The molecule has 1 heterocycles. The summed E-state index contributed by atoms with van der Waals surface area (Å²) in [4.78, 5) is 22.6. The molecule has 1 unspecified atom stereocenters. The lowest BCUT2D eigenvalue weighted by Gasteiger charge is -2.24. The van der Waals surface area contributed by atoms with E-state index in [1.54, 1.807) is 11.8 Å². The first-order valence-corrected chi connectivity index (χ1v) is 7.39. The predicted octanol–water partition coefficient (Wildman–Crippen LogP) is 0.671. The molecule has 1 saturated heterocycles. The van der Waals surface area contributed by atoms with Gasteiger partial charge in [0, 0.05) is 6.61 Å². The Morgan fingerprint density at radius 1 is 1.56 bits per heavy atom. The Morgan fingerprint density at radius 3 is 2.89 bits per heavy atom. The first kappa shape index (κ1) is 15.1. The van der Waals surface area contributed by atoms with Crippen LogP contribution in [0.1, 0.15) is 19.3 Å². The Morgan fingerprint density at radius 2 is 2.33 bits per heavy atom. The van der Waals surface area contributed by atoms with E-state index in [9.17, 15) is 9.59 Å². The maximum Gasteiger partial charge on any atom is 0.326 e. The molecule has 0 saturated carbocycles. The number of hydrogen-bond acceptors (Lipinski definition) is 4. The predicted molar refractivity (Wildman–Crippen MR) is 69.9 cm³/mol. The summed E-state index contributed by atoms with van der Waals surface area (Å²) in [5.74, 6) is -0.303. The number of hydrogen-bond donors (Lipinski definition) is 3. The van der Waals surface area contributed by atoms with Crippen LogP contribution in [0.15, 0.2) is 0 Å². The Kier molecular flexibility index (Phi) is 6.89. The zero-order valence-electron chi connectivity index (χ0n) is 10.5. The van der Waals surface area contributed by atoms with Gasteiger partial charge in [-0.2, -0.15) is 11.8 Å². The highest BCUT2D eigenvalue weighted by molar-refractivity contribution is 7.98. The van der Waals surface area contributed by atoms with Crippen LogP contribution in [0.3, 0.4) is 0 Å². The number of ether oxygens (including phenoxy) is 1. The number of carboxylic acid groups (broad SMARTS) is 1. The third kappa shape index (κ3) is 5.59. The van der Waals surface area contributed by atoms with Crippen molar-refractivity contribution < 1.29 is 19.4 Å². The van der Waals surface area contributed by atoms with Crippen LogP contribution in [0.2, 0.25) is 0 Å². The van der Waals surface area contributed by atoms with Crippen LogP contribution < -0.4 is 10.6 Å². The van der Waals surface area contributed by atoms with Crippen molar-refractivity contribution in [1.82, 2.24) is 10.6 Å². The molecule has 0 radical (unpaired) electrons. The van der Waals surface area contributed by atoms with Crippen molar-refractivity contribution in [2.75, 3.05) is 25.2 Å². The lowest BCUT2D eigenvalue weighted by atomic mass is 10.1. The van der Waals surface area contributed by atoms with Gasteiger partial charge >= 0.3 is 12.0 Å². The largest absolute Gasteiger partial charge is 0.480 e. The van der Waals surface area contributed by atoms with Gasteiger partial charge in [-0.15, -0.1) is 0 Å². The lowest BCUT2D eigenvalue weighted by Crippen LogP contribution is -2.51. The fourth-order valence-corrected chi connectivity index (χ4v) is 2.20. The highest BCUT2D eigenvalue weighted by atomic mass is 32.2. The molecule has 0 bridgehead atoms. The second-order valence-electron chi connectivity index (χ2n) is 4.20. The smallest absolute Gasteiger partial charge is 0.326 e. The minimum Gasteiger partial charge on any atom is -0.480 e. The molecule has 104 valence electrons. The van der Waals surface area contributed by atoms with Gasteiger partial charge in [-0.1, -0.05) is 0 Å². The fraction of sp³-hybridized carbons (Fsp3) is 0.818. The number of nitrogens with one attached hydrogen (secondary N) is 2. The summed E-state index contributed by atoms with van der Waals surface area (Å²) in [6.07, 6.45) is 4.11. The Bertz CT molecular complexity index is 282. The van der Waals surface area contributed by atoms with Crippen LogP contribution in [-0.2, 0) is 9.53 Å². The molecular formula is C11H20N2O4S. The Hall–Kier alpha value is -0.950. The molecule has 1 rings (SSSR count). The van der Waals surface area contributed by atoms with Gasteiger partial charge in [0.15, 0.2) is 0 Å². The fourth-order valence-electron chi connectivity index (χ4n) is 1.73. The summed E-state index contributed by atoms with van der Waals surface area (Å²) in [6.45, 7) is 1.22. The number of carboxylic acids is 1. The molecule has 0 aliphatic carbocycles. The van der Waals surface area contributed by atoms with E-state index in [-0.39, 0.29) is 6.04 Å². The molecule has 0 aromatic heterocycles. The summed E-state index contributed by atoms with van der Waals surface area (Å²) in [5.41, 5.74) is 0. The van der Waals surface area contributed by atoms with Gasteiger partial charge in [-0.25, -0.2) is 9.59 Å². The standard InChI is InChI=1S/C11H20N2O4S/c1-18-6-4-9(10(14)15)13-11(16)12-8-3-2-5-17-7-8/h8-9H,2-7H2,1H3,(H,14,15)(H2,12,13,16)/t8?,9-/m0/s1. The van der Waals surface area contributed by atoms with Crippen LogP contribution >= 0.6 is 11.8 Å². The van der Waals surface area contributed by atoms with E-state index in [4.69, 9.17) is 9.84 Å². The molecule has 0 aromatic carbocycles. The molecule has 3 N–H and O–H groups in total. The summed E-state index contributed by atoms with van der Waals surface area (Å²) < 4.78 is 5.24. The number of thioether (sulfide) groups is 1. The molecule has 6 nitrogen and oxygen atoms in total. The molecule has 7 heteroatoms. The number of aliphatic carboxylic acids is 1. The lowest BCUT2D eigenvalue weighted by molar-refractivity contribution is -0.139. The third-order valence-electron chi connectivity index (χ3n) is 2.71. The maximum atomic E-state index is 11.6.